The van der Waals surface area contributed by atoms with E-state index in [1.54, 1.807) is 41.5 Å². The van der Waals surface area contributed by atoms with Crippen LogP contribution in [-0.2, 0) is 57.0 Å². The molecule has 0 radical (unpaired) electrons. The number of nitrogens with zero attached hydrogens (tertiary/aromatic N) is 1. The number of rotatable bonds is 12. The van der Waals surface area contributed by atoms with Gasteiger partial charge in [-0.3, -0.25) is 14.4 Å². The molecule has 2 bridgehead atoms. The molecule has 3 N–H and O–H groups in total. The van der Waals surface area contributed by atoms with Crippen molar-refractivity contribution in [1.29, 1.82) is 0 Å². The summed E-state index contributed by atoms with van der Waals surface area (Å²) in [5.41, 5.74) is -3.28. The second kappa shape index (κ2) is 19.7. The fraction of sp³-hybridized carbons (Fsp3) is 0.884. The van der Waals surface area contributed by atoms with E-state index in [0.717, 1.165) is 5.57 Å². The van der Waals surface area contributed by atoms with Crippen molar-refractivity contribution in [3.05, 3.63) is 11.3 Å². The highest BCUT2D eigenvalue weighted by atomic mass is 16.7. The fourth-order valence-electron chi connectivity index (χ4n) is 9.49. The van der Waals surface area contributed by atoms with E-state index in [2.05, 4.69) is 0 Å². The first-order valence-electron chi connectivity index (χ1n) is 21.3. The van der Waals surface area contributed by atoms with Gasteiger partial charge in [-0.2, -0.15) is 0 Å². The number of carbonyl (C=O) groups excluding carboxylic acids is 3. The number of fused-ring (bicyclic) bond motifs is 2. The van der Waals surface area contributed by atoms with Crippen molar-refractivity contribution < 1.29 is 72.3 Å². The lowest BCUT2D eigenvalue weighted by atomic mass is 9.78. The second-order valence-electron chi connectivity index (χ2n) is 18.1. The average molecular weight is 844 g/mol. The Hall–Kier alpha value is -2.41. The Morgan fingerprint density at radius 3 is 2.15 bits per heavy atom. The molecule has 16 heteroatoms. The van der Waals surface area contributed by atoms with Crippen molar-refractivity contribution in [2.24, 2.45) is 17.8 Å². The highest BCUT2D eigenvalue weighted by Crippen LogP contribution is 2.47. The molecule has 0 aromatic heterocycles. The standard InChI is InChI=1S/C43H73NO15/c1-15-29-43(11,50)36(47)24(5)33-22(3)20-42(10,59-33)38(25(6)34(26(7)39(49)55-29)57-32-21-41(9,51-14)37(48)27(8)54-32)58-40-35(28(44(12)13)19-23(4)53-40)56-31(46)18-17-30(45)52-16-2/h23-29,32,34-38,40,47-48,50H,15-21H2,1-14H3/t23-,24+,25+,26-,27-,28-,29-,32+,34+,35-,36-,37+,38-,40+,41-,42-,43-/m1/s1. The van der Waals surface area contributed by atoms with Crippen molar-refractivity contribution in [2.75, 3.05) is 27.8 Å². The van der Waals surface area contributed by atoms with Crippen molar-refractivity contribution in [3.8, 4) is 0 Å². The Morgan fingerprint density at radius 2 is 1.56 bits per heavy atom. The van der Waals surface area contributed by atoms with E-state index >= 15 is 0 Å². The molecule has 4 aliphatic rings. The molecule has 0 aliphatic carbocycles. The Bertz CT molecular complexity index is 1490. The van der Waals surface area contributed by atoms with Gasteiger partial charge >= 0.3 is 17.9 Å². The van der Waals surface area contributed by atoms with Crippen LogP contribution in [0.5, 0.6) is 0 Å². The number of aliphatic hydroxyl groups excluding tert-OH is 2. The summed E-state index contributed by atoms with van der Waals surface area (Å²) in [6, 6.07) is -0.354. The largest absolute Gasteiger partial charge is 0.489 e. The minimum atomic E-state index is -1.87. The van der Waals surface area contributed by atoms with Crippen LogP contribution in [0.25, 0.3) is 0 Å². The maximum atomic E-state index is 14.3. The Kier molecular flexibility index (Phi) is 16.5. The Morgan fingerprint density at radius 1 is 0.915 bits per heavy atom. The van der Waals surface area contributed by atoms with Crippen LogP contribution in [0.2, 0.25) is 0 Å². The second-order valence-corrected chi connectivity index (χ2v) is 18.1. The maximum absolute atomic E-state index is 14.3. The number of likely N-dealkylation sites (N-methyl/N-ethyl adjacent to an activating group) is 1. The molecule has 0 aromatic rings. The van der Waals surface area contributed by atoms with Gasteiger partial charge in [0.1, 0.15) is 35.3 Å². The topological polar surface area (TPSA) is 198 Å². The predicted octanol–water partition coefficient (Wildman–Crippen LogP) is 3.79. The number of methoxy groups -OCH3 is 1. The van der Waals surface area contributed by atoms with E-state index in [4.69, 9.17) is 42.6 Å². The van der Waals surface area contributed by atoms with Gasteiger partial charge in [0.15, 0.2) is 18.7 Å². The molecule has 4 rings (SSSR count). The van der Waals surface area contributed by atoms with Gasteiger partial charge in [-0.15, -0.1) is 0 Å². The van der Waals surface area contributed by atoms with Gasteiger partial charge in [0.25, 0.3) is 0 Å². The fourth-order valence-corrected chi connectivity index (χ4v) is 9.49. The first-order valence-corrected chi connectivity index (χ1v) is 21.3. The van der Waals surface area contributed by atoms with E-state index in [0.29, 0.717) is 18.6 Å². The van der Waals surface area contributed by atoms with Crippen LogP contribution < -0.4 is 0 Å². The summed E-state index contributed by atoms with van der Waals surface area (Å²) in [6.45, 7) is 19.6. The normalized spacial score (nSPS) is 43.5. The van der Waals surface area contributed by atoms with Crippen LogP contribution in [0.15, 0.2) is 11.3 Å². The van der Waals surface area contributed by atoms with Crippen LogP contribution in [0.3, 0.4) is 0 Å². The first-order chi connectivity index (χ1) is 27.4. The zero-order valence-corrected chi connectivity index (χ0v) is 37.7. The van der Waals surface area contributed by atoms with E-state index < -0.39 is 108 Å². The molecule has 0 unspecified atom stereocenters. The molecule has 0 aromatic carbocycles. The zero-order valence-electron chi connectivity index (χ0n) is 37.7. The molecule has 340 valence electrons. The minimum Gasteiger partial charge on any atom is -0.489 e. The third kappa shape index (κ3) is 10.8. The van der Waals surface area contributed by atoms with Gasteiger partial charge in [-0.05, 0) is 87.9 Å². The Labute approximate surface area is 350 Å². The first kappa shape index (κ1) is 49.2. The summed E-state index contributed by atoms with van der Waals surface area (Å²) in [4.78, 5) is 41.8. The third-order valence-electron chi connectivity index (χ3n) is 13.0. The van der Waals surface area contributed by atoms with Crippen LogP contribution >= 0.6 is 0 Å². The summed E-state index contributed by atoms with van der Waals surface area (Å²) >= 11 is 0. The molecule has 3 fully saturated rings. The summed E-state index contributed by atoms with van der Waals surface area (Å²) in [5, 5.41) is 34.7. The molecular formula is C43H73NO15. The molecule has 0 spiro atoms. The molecule has 59 heavy (non-hydrogen) atoms. The monoisotopic (exact) mass is 843 g/mol. The van der Waals surface area contributed by atoms with Crippen LogP contribution in [0.4, 0.5) is 0 Å². The van der Waals surface area contributed by atoms with Crippen molar-refractivity contribution in [1.82, 2.24) is 4.90 Å². The minimum absolute atomic E-state index is 0.123. The van der Waals surface area contributed by atoms with Crippen molar-refractivity contribution >= 4 is 17.9 Å². The smallest absolute Gasteiger partial charge is 0.311 e. The number of carbonyl (C=O) groups is 3. The number of hydrogen-bond donors (Lipinski definition) is 3. The lowest BCUT2D eigenvalue weighted by Gasteiger charge is -2.49. The van der Waals surface area contributed by atoms with E-state index in [-0.39, 0.29) is 44.4 Å². The summed E-state index contributed by atoms with van der Waals surface area (Å²) in [6.07, 6.45) is -8.71. The maximum Gasteiger partial charge on any atom is 0.311 e. The number of ether oxygens (including phenoxy) is 9. The lowest BCUT2D eigenvalue weighted by Crippen LogP contribution is -2.61. The van der Waals surface area contributed by atoms with Gasteiger partial charge < -0.3 is 62.9 Å². The highest BCUT2D eigenvalue weighted by molar-refractivity contribution is 5.77. The van der Waals surface area contributed by atoms with Crippen LogP contribution in [0, 0.1) is 17.8 Å². The molecule has 3 saturated heterocycles. The quantitative estimate of drug-likeness (QED) is 0.189. The molecule has 16 nitrogen and oxygen atoms in total. The van der Waals surface area contributed by atoms with E-state index in [1.165, 1.54) is 14.0 Å². The lowest BCUT2D eigenvalue weighted by molar-refractivity contribution is -0.317. The number of aliphatic hydroxyl groups is 3. The molecule has 0 amide bonds. The Balaban J connectivity index is 1.85. The van der Waals surface area contributed by atoms with Gasteiger partial charge in [-0.25, -0.2) is 0 Å². The number of cyclic esters (lactones) is 1. The van der Waals surface area contributed by atoms with Gasteiger partial charge in [0.05, 0.1) is 61.4 Å². The summed E-state index contributed by atoms with van der Waals surface area (Å²) in [5.74, 6) is -3.81. The molecule has 4 heterocycles. The molecular weight excluding hydrogens is 770 g/mol. The summed E-state index contributed by atoms with van der Waals surface area (Å²) < 4.78 is 56.6. The highest BCUT2D eigenvalue weighted by Gasteiger charge is 2.56. The van der Waals surface area contributed by atoms with Gasteiger partial charge in [0, 0.05) is 31.8 Å². The van der Waals surface area contributed by atoms with E-state index in [9.17, 15) is 29.7 Å². The van der Waals surface area contributed by atoms with Crippen molar-refractivity contribution in [2.45, 2.75) is 199 Å². The SMILES string of the molecule is CCOC(=O)CCC(=O)O[C@H]1[C@H](O[C@@H]2[C@@H](C)[C@H](O[C@H]3C[C@@](C)(OC)[C@@H](O)[C@@H](C)O3)[C@@H](C)C(=O)O[C@H](CC)[C@@](C)(O)[C@H](O)[C@@H](C)C3=C(C)C[C@@]2(C)O3)O[C@H](C)C[C@H]1N(C)C. The van der Waals surface area contributed by atoms with Gasteiger partial charge in [0.2, 0.25) is 0 Å². The van der Waals surface area contributed by atoms with E-state index in [1.807, 2.05) is 46.7 Å². The van der Waals surface area contributed by atoms with Crippen LogP contribution in [-0.4, -0.2) is 150 Å². The summed E-state index contributed by atoms with van der Waals surface area (Å²) in [7, 11) is 5.26. The van der Waals surface area contributed by atoms with Crippen LogP contribution in [0.1, 0.15) is 115 Å². The molecule has 0 saturated carbocycles. The predicted molar refractivity (Wildman–Crippen MR) is 213 cm³/mol. The number of hydrogen-bond acceptors (Lipinski definition) is 16. The molecule has 17 atom stereocenters. The third-order valence-corrected chi connectivity index (χ3v) is 13.0. The molecule has 4 aliphatic heterocycles. The number of esters is 3. The van der Waals surface area contributed by atoms with Crippen molar-refractivity contribution in [3.63, 3.8) is 0 Å². The average Bonchev–Trinajstić information content (AvgIpc) is 3.49. The zero-order chi connectivity index (χ0) is 44.4. The van der Waals surface area contributed by atoms with Gasteiger partial charge in [-0.1, -0.05) is 20.8 Å².